The Labute approximate surface area is 146 Å². The van der Waals surface area contributed by atoms with E-state index in [2.05, 4.69) is 6.92 Å². The first-order valence-corrected chi connectivity index (χ1v) is 8.83. The molecule has 0 aliphatic heterocycles. The van der Waals surface area contributed by atoms with Crippen LogP contribution in [0.1, 0.15) is 39.5 Å². The van der Waals surface area contributed by atoms with E-state index in [1.54, 1.807) is 6.92 Å². The van der Waals surface area contributed by atoms with Crippen LogP contribution in [0, 0.1) is 0 Å². The Morgan fingerprint density at radius 2 is 1.58 bits per heavy atom. The highest BCUT2D eigenvalue weighted by Gasteiger charge is 1.95. The molecule has 0 amide bonds. The molecule has 5 heteroatoms. The molecule has 1 unspecified atom stereocenters. The van der Waals surface area contributed by atoms with Gasteiger partial charge < -0.3 is 24.4 Å². The zero-order valence-corrected chi connectivity index (χ0v) is 15.2. The lowest BCUT2D eigenvalue weighted by atomic mass is 10.2. The molecule has 2 N–H and O–H groups in total. The second-order valence-electron chi connectivity index (χ2n) is 5.48. The van der Waals surface area contributed by atoms with E-state index in [1.807, 2.05) is 30.3 Å². The zero-order chi connectivity index (χ0) is 17.9. The van der Waals surface area contributed by atoms with E-state index in [0.29, 0.717) is 26.4 Å². The van der Waals surface area contributed by atoms with Crippen molar-refractivity contribution >= 4 is 0 Å². The Bertz CT molecular complexity index is 333. The van der Waals surface area contributed by atoms with Crippen LogP contribution in [-0.2, 0) is 9.47 Å². The largest absolute Gasteiger partial charge is 0.491 e. The Morgan fingerprint density at radius 3 is 2.17 bits per heavy atom. The van der Waals surface area contributed by atoms with Gasteiger partial charge in [-0.1, -0.05) is 44.4 Å². The monoisotopic (exact) mass is 342 g/mol. The maximum absolute atomic E-state index is 8.89. The molecule has 0 fully saturated rings. The molecule has 0 aliphatic carbocycles. The standard InChI is InChI=1S/C10H22O3.C9H12O2/c1-2-3-4-5-7-12-9-10-13-8-6-11;1-8(10)7-11-9-5-3-2-4-6-9/h11H,2-10H2,1H3;2-6,8,10H,7H2,1H3. The van der Waals surface area contributed by atoms with Gasteiger partial charge in [0.25, 0.3) is 0 Å². The Balaban J connectivity index is 0.000000446. The molecule has 0 bridgehead atoms. The highest BCUT2D eigenvalue weighted by atomic mass is 16.5. The Kier molecular flexibility index (Phi) is 17.3. The lowest BCUT2D eigenvalue weighted by molar-refractivity contribution is 0.0321. The van der Waals surface area contributed by atoms with Gasteiger partial charge in [0, 0.05) is 6.61 Å². The van der Waals surface area contributed by atoms with Gasteiger partial charge in [-0.05, 0) is 25.5 Å². The van der Waals surface area contributed by atoms with Crippen LogP contribution in [0.5, 0.6) is 5.75 Å². The van der Waals surface area contributed by atoms with Crippen molar-refractivity contribution in [1.82, 2.24) is 0 Å². The van der Waals surface area contributed by atoms with Crippen LogP contribution in [0.3, 0.4) is 0 Å². The van der Waals surface area contributed by atoms with E-state index in [0.717, 1.165) is 18.8 Å². The van der Waals surface area contributed by atoms with E-state index >= 15 is 0 Å². The molecule has 0 saturated heterocycles. The summed E-state index contributed by atoms with van der Waals surface area (Å²) in [7, 11) is 0. The van der Waals surface area contributed by atoms with Gasteiger partial charge in [0.2, 0.25) is 0 Å². The van der Waals surface area contributed by atoms with Crippen molar-refractivity contribution in [2.75, 3.05) is 39.6 Å². The van der Waals surface area contributed by atoms with Crippen LogP contribution in [0.25, 0.3) is 0 Å². The summed E-state index contributed by atoms with van der Waals surface area (Å²) >= 11 is 0. The van der Waals surface area contributed by atoms with Crippen LogP contribution in [0.4, 0.5) is 0 Å². The van der Waals surface area contributed by atoms with E-state index < -0.39 is 6.10 Å². The number of unbranched alkanes of at least 4 members (excludes halogenated alkanes) is 3. The van der Waals surface area contributed by atoms with Crippen molar-refractivity contribution in [1.29, 1.82) is 0 Å². The first kappa shape index (κ1) is 22.9. The molecule has 0 heterocycles. The molecule has 24 heavy (non-hydrogen) atoms. The van der Waals surface area contributed by atoms with Gasteiger partial charge in [-0.15, -0.1) is 0 Å². The first-order valence-electron chi connectivity index (χ1n) is 8.83. The van der Waals surface area contributed by atoms with Crippen molar-refractivity contribution < 1.29 is 24.4 Å². The summed E-state index contributed by atoms with van der Waals surface area (Å²) in [6.45, 7) is 6.83. The number of ether oxygens (including phenoxy) is 3. The van der Waals surface area contributed by atoms with Gasteiger partial charge >= 0.3 is 0 Å². The molecule has 1 rings (SSSR count). The van der Waals surface area contributed by atoms with Crippen LogP contribution in [0.2, 0.25) is 0 Å². The minimum Gasteiger partial charge on any atom is -0.491 e. The maximum Gasteiger partial charge on any atom is 0.119 e. The molecule has 0 aromatic heterocycles. The third-order valence-electron chi connectivity index (χ3n) is 2.98. The normalized spacial score (nSPS) is 11.5. The quantitative estimate of drug-likeness (QED) is 0.539. The lowest BCUT2D eigenvalue weighted by Gasteiger charge is -2.06. The molecule has 1 aromatic rings. The molecule has 5 nitrogen and oxygen atoms in total. The van der Waals surface area contributed by atoms with Gasteiger partial charge in [0.1, 0.15) is 12.4 Å². The highest BCUT2D eigenvalue weighted by molar-refractivity contribution is 5.20. The topological polar surface area (TPSA) is 68.2 Å². The number of para-hydroxylation sites is 1. The second-order valence-corrected chi connectivity index (χ2v) is 5.48. The lowest BCUT2D eigenvalue weighted by Crippen LogP contribution is -2.12. The van der Waals surface area contributed by atoms with Crippen molar-refractivity contribution in [3.8, 4) is 5.75 Å². The van der Waals surface area contributed by atoms with Crippen molar-refractivity contribution in [2.24, 2.45) is 0 Å². The predicted octanol–water partition coefficient (Wildman–Crippen LogP) is 3.04. The summed E-state index contributed by atoms with van der Waals surface area (Å²) in [6, 6.07) is 9.45. The molecular weight excluding hydrogens is 308 g/mol. The fourth-order valence-corrected chi connectivity index (χ4v) is 1.75. The summed E-state index contributed by atoms with van der Waals surface area (Å²) in [4.78, 5) is 0. The summed E-state index contributed by atoms with van der Waals surface area (Å²) in [6.07, 6.45) is 4.56. The van der Waals surface area contributed by atoms with Crippen molar-refractivity contribution in [2.45, 2.75) is 45.6 Å². The van der Waals surface area contributed by atoms with Crippen LogP contribution < -0.4 is 4.74 Å². The van der Waals surface area contributed by atoms with Gasteiger partial charge in [-0.2, -0.15) is 0 Å². The van der Waals surface area contributed by atoms with Gasteiger partial charge in [-0.3, -0.25) is 0 Å². The Morgan fingerprint density at radius 1 is 0.917 bits per heavy atom. The van der Waals surface area contributed by atoms with E-state index in [1.165, 1.54) is 19.3 Å². The Hall–Kier alpha value is -1.14. The third-order valence-corrected chi connectivity index (χ3v) is 2.98. The molecule has 0 spiro atoms. The molecule has 0 saturated carbocycles. The third kappa shape index (κ3) is 17.2. The molecule has 1 aromatic carbocycles. The first-order chi connectivity index (χ1) is 11.7. The fraction of sp³-hybridized carbons (Fsp3) is 0.684. The van der Waals surface area contributed by atoms with Gasteiger partial charge in [0.15, 0.2) is 0 Å². The number of hydrogen-bond acceptors (Lipinski definition) is 5. The van der Waals surface area contributed by atoms with Gasteiger partial charge in [-0.25, -0.2) is 0 Å². The summed E-state index contributed by atoms with van der Waals surface area (Å²) in [5.41, 5.74) is 0. The summed E-state index contributed by atoms with van der Waals surface area (Å²) in [5, 5.41) is 17.3. The highest BCUT2D eigenvalue weighted by Crippen LogP contribution is 2.08. The van der Waals surface area contributed by atoms with E-state index in [9.17, 15) is 0 Å². The van der Waals surface area contributed by atoms with Crippen LogP contribution >= 0.6 is 0 Å². The van der Waals surface area contributed by atoms with Gasteiger partial charge in [0.05, 0.1) is 32.5 Å². The maximum atomic E-state index is 8.89. The summed E-state index contributed by atoms with van der Waals surface area (Å²) in [5.74, 6) is 0.799. The number of benzene rings is 1. The molecular formula is C19H34O5. The van der Waals surface area contributed by atoms with Crippen molar-refractivity contribution in [3.63, 3.8) is 0 Å². The van der Waals surface area contributed by atoms with Crippen LogP contribution in [0.15, 0.2) is 30.3 Å². The molecule has 1 atom stereocenters. The molecule has 140 valence electrons. The average Bonchev–Trinajstić information content (AvgIpc) is 2.60. The zero-order valence-electron chi connectivity index (χ0n) is 15.2. The number of aliphatic hydroxyl groups excluding tert-OH is 2. The number of rotatable bonds is 13. The van der Waals surface area contributed by atoms with Crippen LogP contribution in [-0.4, -0.2) is 56.0 Å². The summed E-state index contributed by atoms with van der Waals surface area (Å²) < 4.78 is 15.6. The fourth-order valence-electron chi connectivity index (χ4n) is 1.75. The van der Waals surface area contributed by atoms with E-state index in [4.69, 9.17) is 24.4 Å². The average molecular weight is 342 g/mol. The minimum absolute atomic E-state index is 0.0938. The van der Waals surface area contributed by atoms with E-state index in [-0.39, 0.29) is 6.61 Å². The second kappa shape index (κ2) is 18.2. The number of aliphatic hydroxyl groups is 2. The smallest absolute Gasteiger partial charge is 0.119 e. The molecule has 0 radical (unpaired) electrons. The minimum atomic E-state index is -0.407. The SMILES string of the molecule is CC(O)COc1ccccc1.CCCCCCOCCOCCO. The predicted molar refractivity (Wildman–Crippen MR) is 96.5 cm³/mol. The number of hydrogen-bond donors (Lipinski definition) is 2. The van der Waals surface area contributed by atoms with Crippen molar-refractivity contribution in [3.05, 3.63) is 30.3 Å². The molecule has 0 aliphatic rings.